The standard InChI is InChI=1S/C80H91N3O9S.Na/c1-49(2)18-20-55-25-24-54-14-7-8-17-68(54)72(55)44-74(86)56-26-22-53(23-27-56)60-16-10-36-79(87,46-60)64(37-51-11-5-4-6-12-51)47-80(83-78(81)82)63-30-28-57(29-31-63)76-61-39-62(77-70-34-32-65(85)40-58(70)15-9-13-52(48-84)38-67(42-61)91-77)43-73(76)75(93(88,89)90)45-71-50(3)19-21-59-41-66(92-80)33-35-69(59)71;/h4-8,11-12,14,17,22-35,40-41,43,49-50,52,60-61,64,67,71,73-77,84-87H,10,13,16,18-21,36-39,42,44-48H2,1-3H3,(H4,81,82,83)(H,88,89,90);/q;+1/p-1/t50-,52+,60-,61-,64-,67-,71+,73-,74+,75-,76+,77-,79-,80-;/m1./s1. The molecular weight excluding hydrogens is 1200 g/mol. The van der Waals surface area contributed by atoms with Crippen LogP contribution in [0.25, 0.3) is 10.8 Å². The summed E-state index contributed by atoms with van der Waals surface area (Å²) in [6.45, 7) is 6.57. The van der Waals surface area contributed by atoms with Crippen molar-refractivity contribution in [2.24, 2.45) is 52.0 Å². The van der Waals surface area contributed by atoms with Gasteiger partial charge in [0.2, 0.25) is 5.72 Å². The monoisotopic (exact) mass is 1290 g/mol. The minimum absolute atomic E-state index is 0. The Morgan fingerprint density at radius 1 is 0.851 bits per heavy atom. The molecular formula is C80H90N3NaO9S. The van der Waals surface area contributed by atoms with E-state index in [1.807, 2.05) is 72.8 Å². The van der Waals surface area contributed by atoms with Crippen LogP contribution in [0.15, 0.2) is 168 Å². The number of nitrogens with two attached hydrogens (primary N) is 2. The molecule has 15 rings (SSSR count). The summed E-state index contributed by atoms with van der Waals surface area (Å²) in [5, 5.41) is 48.4. The number of aliphatic hydroxyl groups excluding tert-OH is 2. The van der Waals surface area contributed by atoms with E-state index in [4.69, 9.17) is 25.9 Å². The van der Waals surface area contributed by atoms with Crippen LogP contribution in [0.1, 0.15) is 189 Å². The number of benzene rings is 7. The molecule has 14 heteroatoms. The van der Waals surface area contributed by atoms with E-state index in [1.165, 1.54) is 21.9 Å². The average Bonchev–Trinajstić information content (AvgIpc) is 1.19. The van der Waals surface area contributed by atoms with E-state index >= 15 is 0 Å². The molecule has 2 fully saturated rings. The molecule has 0 amide bonds. The topological polar surface area (TPSA) is 221 Å². The molecule has 486 valence electrons. The zero-order valence-electron chi connectivity index (χ0n) is 54.9. The maximum atomic E-state index is 14.4. The number of aliphatic imine (C=N–C) groups is 1. The molecule has 0 radical (unpaired) electrons. The minimum atomic E-state index is -4.97. The Hall–Kier alpha value is -6.28. The Kier molecular flexibility index (Phi) is 20.5. The molecule has 1 saturated carbocycles. The van der Waals surface area contributed by atoms with E-state index in [-0.39, 0.29) is 96.4 Å². The first kappa shape index (κ1) is 67.7. The number of phenolic OH excluding ortho intramolecular Hbond substituents is 1. The fourth-order valence-corrected chi connectivity index (χ4v) is 18.5. The van der Waals surface area contributed by atoms with E-state index in [9.17, 15) is 33.4 Å². The Balaban J connectivity index is 0.00000848. The number of phenols is 1. The Labute approximate surface area is 577 Å². The first-order valence-corrected chi connectivity index (χ1v) is 35.6. The van der Waals surface area contributed by atoms with Crippen LogP contribution >= 0.6 is 0 Å². The van der Waals surface area contributed by atoms with Crippen molar-refractivity contribution in [2.45, 2.75) is 176 Å². The predicted molar refractivity (Wildman–Crippen MR) is 365 cm³/mol. The van der Waals surface area contributed by atoms with Gasteiger partial charge in [0, 0.05) is 42.6 Å². The van der Waals surface area contributed by atoms with E-state index in [1.54, 1.807) is 12.1 Å². The van der Waals surface area contributed by atoms with Gasteiger partial charge in [0.25, 0.3) is 0 Å². The second-order valence-corrected chi connectivity index (χ2v) is 30.4. The molecule has 0 aromatic heterocycles. The third kappa shape index (κ3) is 14.4. The molecule has 10 bridgehead atoms. The van der Waals surface area contributed by atoms with Crippen molar-refractivity contribution in [1.82, 2.24) is 0 Å². The summed E-state index contributed by atoms with van der Waals surface area (Å²) in [6, 6.07) is 50.7. The van der Waals surface area contributed by atoms with Crippen molar-refractivity contribution >= 4 is 26.9 Å². The van der Waals surface area contributed by atoms with Crippen molar-refractivity contribution in [3.63, 3.8) is 0 Å². The van der Waals surface area contributed by atoms with Gasteiger partial charge in [0.1, 0.15) is 17.6 Å². The van der Waals surface area contributed by atoms with E-state index in [0.29, 0.717) is 80.6 Å². The van der Waals surface area contributed by atoms with Crippen molar-refractivity contribution < 1.29 is 72.4 Å². The third-order valence-electron chi connectivity index (χ3n) is 22.2. The molecule has 0 unspecified atom stereocenters. The fraction of sp³-hybridized carbons (Fsp3) is 0.438. The summed E-state index contributed by atoms with van der Waals surface area (Å²) in [5.41, 5.74) is 21.7. The van der Waals surface area contributed by atoms with Crippen LogP contribution in [0.4, 0.5) is 0 Å². The number of rotatable bonds is 15. The summed E-state index contributed by atoms with van der Waals surface area (Å²) in [7, 11) is -4.97. The summed E-state index contributed by atoms with van der Waals surface area (Å²) in [5.74, 6) is 5.19. The maximum absolute atomic E-state index is 14.4. The van der Waals surface area contributed by atoms with Gasteiger partial charge in [-0.2, -0.15) is 0 Å². The zero-order chi connectivity index (χ0) is 64.8. The van der Waals surface area contributed by atoms with Crippen LogP contribution in [-0.4, -0.2) is 62.9 Å². The van der Waals surface area contributed by atoms with Gasteiger partial charge in [-0.3, -0.25) is 0 Å². The SMILES string of the molecule is CC(C)CCc1ccc2ccccc2c1C[C@H](O)c1ccc([C@@H]2CCC[C@](O)([C@H](Cc3ccccc3)C[C@@]3(N=C(N)N)Oc4ccc5c(c4)CC[C@@H](C)[C@@H]5C[C@@H](S(=O)(=O)[O-])[C@H]4C=C5C[C@H](C[C@H]6C[C@@H](CO)CC#Cc7cc(O)ccc7[C@@H]5O6)[C@@H]4c4ccc3cc4)C2)cc1.[Na+]. The Bertz CT molecular complexity index is 4090. The Morgan fingerprint density at radius 2 is 1.61 bits per heavy atom. The number of fused-ring (bicyclic) bond motifs is 9. The number of guanidine groups is 1. The van der Waals surface area contributed by atoms with Crippen molar-refractivity contribution in [3.8, 4) is 23.3 Å². The number of aromatic hydroxyl groups is 1. The van der Waals surface area contributed by atoms with Crippen LogP contribution < -0.4 is 45.8 Å². The van der Waals surface area contributed by atoms with E-state index in [2.05, 4.69) is 105 Å². The number of hydrogen-bond acceptors (Lipinski definition) is 10. The number of allylic oxidation sites excluding steroid dienone is 1. The second kappa shape index (κ2) is 28.4. The van der Waals surface area contributed by atoms with Gasteiger partial charge in [-0.05, 0) is 222 Å². The average molecular weight is 1290 g/mol. The predicted octanol–water partition coefficient (Wildman–Crippen LogP) is 11.2. The summed E-state index contributed by atoms with van der Waals surface area (Å²) in [6.07, 6.45) is 9.76. The van der Waals surface area contributed by atoms with Crippen LogP contribution in [-0.2, 0) is 46.3 Å². The molecule has 94 heavy (non-hydrogen) atoms. The van der Waals surface area contributed by atoms with Gasteiger partial charge in [0.15, 0.2) is 5.96 Å². The van der Waals surface area contributed by atoms with Gasteiger partial charge < -0.3 is 45.9 Å². The molecule has 5 aliphatic heterocycles. The van der Waals surface area contributed by atoms with E-state index in [0.717, 1.165) is 76.6 Å². The van der Waals surface area contributed by atoms with Gasteiger partial charge >= 0.3 is 29.6 Å². The van der Waals surface area contributed by atoms with Crippen molar-refractivity contribution in [1.29, 1.82) is 0 Å². The number of hydrogen-bond donors (Lipinski definition) is 6. The molecule has 8 aliphatic rings. The fourth-order valence-electron chi connectivity index (χ4n) is 17.4. The first-order valence-electron chi connectivity index (χ1n) is 34.1. The summed E-state index contributed by atoms with van der Waals surface area (Å²) >= 11 is 0. The molecule has 0 spiro atoms. The summed E-state index contributed by atoms with van der Waals surface area (Å²) in [4.78, 5) is 5.20. The molecule has 7 aromatic rings. The second-order valence-electron chi connectivity index (χ2n) is 28.8. The van der Waals surface area contributed by atoms with Crippen molar-refractivity contribution in [3.05, 3.63) is 225 Å². The van der Waals surface area contributed by atoms with Gasteiger partial charge in [-0.15, -0.1) is 0 Å². The number of nitrogens with zero attached hydrogens (tertiary/aromatic N) is 1. The maximum Gasteiger partial charge on any atom is 1.00 e. The largest absolute Gasteiger partial charge is 1.00 e. The van der Waals surface area contributed by atoms with Crippen LogP contribution in [0, 0.1) is 47.3 Å². The van der Waals surface area contributed by atoms with Crippen LogP contribution in [0.5, 0.6) is 11.5 Å². The van der Waals surface area contributed by atoms with Crippen LogP contribution in [0.3, 0.4) is 0 Å². The van der Waals surface area contributed by atoms with E-state index < -0.39 is 56.7 Å². The number of ether oxygens (including phenoxy) is 2. The zero-order valence-corrected chi connectivity index (χ0v) is 57.7. The normalized spacial score (nSPS) is 27.9. The van der Waals surface area contributed by atoms with Gasteiger partial charge in [0.05, 0.1) is 33.2 Å². The molecule has 7 aromatic carbocycles. The smallest absolute Gasteiger partial charge is 0.748 e. The third-order valence-corrected chi connectivity index (χ3v) is 23.5. The summed E-state index contributed by atoms with van der Waals surface area (Å²) < 4.78 is 58.0. The molecule has 14 atom stereocenters. The molecule has 3 aliphatic carbocycles. The minimum Gasteiger partial charge on any atom is -0.748 e. The Morgan fingerprint density at radius 3 is 2.36 bits per heavy atom. The van der Waals surface area contributed by atoms with Crippen molar-refractivity contribution in [2.75, 3.05) is 6.61 Å². The molecule has 5 heterocycles. The first-order chi connectivity index (χ1) is 44.8. The molecule has 12 nitrogen and oxygen atoms in total. The number of aryl methyl sites for hydroxylation is 2. The number of aliphatic hydroxyl groups is 3. The van der Waals surface area contributed by atoms with Gasteiger partial charge in [-0.25, -0.2) is 13.4 Å². The quantitative estimate of drug-likeness (QED) is 0.0142. The van der Waals surface area contributed by atoms with Gasteiger partial charge in [-0.1, -0.05) is 166 Å². The van der Waals surface area contributed by atoms with Crippen LogP contribution in [0.2, 0.25) is 0 Å². The molecule has 1 saturated heterocycles. The molecule has 8 N–H and O–H groups in total.